The molecule has 11 nitrogen and oxygen atoms in total. The van der Waals surface area contributed by atoms with Gasteiger partial charge in [-0.1, -0.05) is 60.7 Å². The van der Waals surface area contributed by atoms with Gasteiger partial charge in [0.1, 0.15) is 12.6 Å². The topological polar surface area (TPSA) is 165 Å². The monoisotopic (exact) mass is 553 g/mol. The third-order valence-electron chi connectivity index (χ3n) is 6.50. The van der Waals surface area contributed by atoms with Gasteiger partial charge in [-0.2, -0.15) is 0 Å². The molecule has 3 aromatic rings. The van der Waals surface area contributed by atoms with Crippen LogP contribution in [0.2, 0.25) is 0 Å². The lowest BCUT2D eigenvalue weighted by Crippen LogP contribution is -2.41. The van der Waals surface area contributed by atoms with Gasteiger partial charge in [0.2, 0.25) is 10.0 Å². The summed E-state index contributed by atoms with van der Waals surface area (Å²) in [7, 11) is -4.13. The van der Waals surface area contributed by atoms with Crippen molar-refractivity contribution in [2.45, 2.75) is 36.1 Å². The zero-order chi connectivity index (χ0) is 28.0. The lowest BCUT2D eigenvalue weighted by Gasteiger charge is -2.17. The molecule has 0 bridgehead atoms. The highest BCUT2D eigenvalue weighted by atomic mass is 32.2. The summed E-state index contributed by atoms with van der Waals surface area (Å²) in [6, 6.07) is 19.5. The highest BCUT2D eigenvalue weighted by molar-refractivity contribution is 7.89. The number of hydrogen-bond donors (Lipinski definition) is 3. The molecule has 0 aromatic heterocycles. The highest BCUT2D eigenvalue weighted by Gasteiger charge is 2.30. The van der Waals surface area contributed by atoms with Crippen molar-refractivity contribution >= 4 is 27.8 Å². The van der Waals surface area contributed by atoms with Crippen LogP contribution in [0.4, 0.5) is 10.5 Å². The van der Waals surface area contributed by atoms with E-state index in [1.54, 1.807) is 0 Å². The summed E-state index contributed by atoms with van der Waals surface area (Å²) < 4.78 is 32.6. The Hall–Kier alpha value is -4.29. The van der Waals surface area contributed by atoms with Crippen molar-refractivity contribution in [3.05, 3.63) is 94.0 Å². The van der Waals surface area contributed by atoms with Crippen LogP contribution in [0.15, 0.2) is 77.7 Å². The van der Waals surface area contributed by atoms with Crippen molar-refractivity contribution in [3.63, 3.8) is 0 Å². The minimum Gasteiger partial charge on any atom is -0.480 e. The molecule has 0 radical (unpaired) electrons. The van der Waals surface area contributed by atoms with Crippen molar-refractivity contribution in [2.75, 3.05) is 13.2 Å². The van der Waals surface area contributed by atoms with Gasteiger partial charge >= 0.3 is 12.1 Å². The van der Waals surface area contributed by atoms with Gasteiger partial charge in [0.05, 0.1) is 4.92 Å². The second kappa shape index (κ2) is 12.0. The Kier molecular flexibility index (Phi) is 8.57. The van der Waals surface area contributed by atoms with E-state index in [1.807, 2.05) is 48.5 Å². The fourth-order valence-corrected chi connectivity index (χ4v) is 5.88. The third-order valence-corrected chi connectivity index (χ3v) is 8.01. The van der Waals surface area contributed by atoms with E-state index in [2.05, 4.69) is 10.0 Å². The molecule has 3 aromatic carbocycles. The first-order chi connectivity index (χ1) is 18.7. The van der Waals surface area contributed by atoms with Crippen LogP contribution in [0.5, 0.6) is 0 Å². The van der Waals surface area contributed by atoms with Crippen LogP contribution in [0.3, 0.4) is 0 Å². The Morgan fingerprint density at radius 2 is 1.54 bits per heavy atom. The van der Waals surface area contributed by atoms with E-state index in [1.165, 1.54) is 12.1 Å². The summed E-state index contributed by atoms with van der Waals surface area (Å²) in [6.07, 6.45) is -0.315. The smallest absolute Gasteiger partial charge is 0.407 e. The number of nitro benzene ring substituents is 1. The number of carbonyl (C=O) groups is 2. The number of nitro groups is 1. The van der Waals surface area contributed by atoms with E-state index in [0.717, 1.165) is 34.4 Å². The van der Waals surface area contributed by atoms with E-state index in [4.69, 9.17) is 4.74 Å². The quantitative estimate of drug-likeness (QED) is 0.172. The van der Waals surface area contributed by atoms with Gasteiger partial charge in [-0.25, -0.2) is 22.7 Å². The number of nitrogens with zero attached hydrogens (tertiary/aromatic N) is 1. The zero-order valence-corrected chi connectivity index (χ0v) is 21.6. The number of benzene rings is 3. The number of carbonyl (C=O) groups excluding carboxylic acids is 1. The van der Waals surface area contributed by atoms with Crippen LogP contribution in [0.25, 0.3) is 11.1 Å². The standard InChI is InChI=1S/C27H27N3O8S/c31-26(32)23(13-7-8-16-28-39(36,37)25-15-6-5-14-24(25)30(34)35)29-27(33)38-17-22-20-11-3-1-9-18(20)19-10-2-4-12-21(19)22/h1-6,9-12,14-15,22-23,28H,7-8,13,16-17H2,(H,29,33)(H,31,32). The molecule has 204 valence electrons. The molecule has 0 saturated carbocycles. The minimum atomic E-state index is -4.13. The Morgan fingerprint density at radius 3 is 2.15 bits per heavy atom. The third kappa shape index (κ3) is 6.41. The maximum atomic E-state index is 12.5. The molecule has 12 heteroatoms. The molecular weight excluding hydrogens is 526 g/mol. The number of amides is 1. The van der Waals surface area contributed by atoms with Crippen LogP contribution < -0.4 is 10.0 Å². The average molecular weight is 554 g/mol. The second-order valence-electron chi connectivity index (χ2n) is 8.98. The molecule has 1 aliphatic carbocycles. The first kappa shape index (κ1) is 27.7. The Balaban J connectivity index is 1.26. The molecular formula is C27H27N3O8S. The van der Waals surface area contributed by atoms with Crippen molar-refractivity contribution in [1.82, 2.24) is 10.0 Å². The molecule has 1 amide bonds. The van der Waals surface area contributed by atoms with E-state index in [9.17, 15) is 33.2 Å². The number of ether oxygens (including phenoxy) is 1. The molecule has 1 unspecified atom stereocenters. The van der Waals surface area contributed by atoms with Crippen LogP contribution >= 0.6 is 0 Å². The number of para-hydroxylation sites is 1. The van der Waals surface area contributed by atoms with Crippen molar-refractivity contribution < 1.29 is 32.8 Å². The van der Waals surface area contributed by atoms with Crippen LogP contribution in [-0.4, -0.2) is 49.7 Å². The number of rotatable bonds is 12. The summed E-state index contributed by atoms with van der Waals surface area (Å²) in [5, 5.41) is 23.0. The number of fused-ring (bicyclic) bond motifs is 3. The number of hydrogen-bond acceptors (Lipinski definition) is 7. The minimum absolute atomic E-state index is 0.0345. The number of aliphatic carboxylic acids is 1. The Morgan fingerprint density at radius 1 is 0.949 bits per heavy atom. The number of alkyl carbamates (subject to hydrolysis) is 1. The largest absolute Gasteiger partial charge is 0.480 e. The van der Waals surface area contributed by atoms with Gasteiger partial charge in [0, 0.05) is 18.5 Å². The van der Waals surface area contributed by atoms with Gasteiger partial charge in [-0.15, -0.1) is 0 Å². The lowest BCUT2D eigenvalue weighted by atomic mass is 9.98. The van der Waals surface area contributed by atoms with Crippen molar-refractivity contribution in [3.8, 4) is 11.1 Å². The molecule has 1 atom stereocenters. The van der Waals surface area contributed by atoms with Crippen LogP contribution in [-0.2, 0) is 19.6 Å². The van der Waals surface area contributed by atoms with Crippen molar-refractivity contribution in [1.29, 1.82) is 0 Å². The summed E-state index contributed by atoms with van der Waals surface area (Å²) in [6.45, 7) is -0.0226. The zero-order valence-electron chi connectivity index (χ0n) is 20.8. The molecule has 39 heavy (non-hydrogen) atoms. The van der Waals surface area contributed by atoms with E-state index in [-0.39, 0.29) is 38.3 Å². The number of carboxylic acids is 1. The molecule has 1 aliphatic rings. The number of nitrogens with one attached hydrogen (secondary N) is 2. The normalized spacial score (nSPS) is 13.2. The van der Waals surface area contributed by atoms with Crippen LogP contribution in [0.1, 0.15) is 36.3 Å². The van der Waals surface area contributed by atoms with Gasteiger partial charge in [0.15, 0.2) is 4.90 Å². The number of sulfonamides is 1. The SMILES string of the molecule is O=C(NC(CCCCNS(=O)(=O)c1ccccc1[N+](=O)[O-])C(=O)O)OCC1c2ccccc2-c2ccccc21. The molecule has 3 N–H and O–H groups in total. The van der Waals surface area contributed by atoms with E-state index in [0.29, 0.717) is 0 Å². The maximum absolute atomic E-state index is 12.5. The molecule has 0 saturated heterocycles. The summed E-state index contributed by atoms with van der Waals surface area (Å²) in [5.41, 5.74) is 3.67. The fraction of sp³-hybridized carbons (Fsp3) is 0.259. The Labute approximate surface area is 225 Å². The molecule has 4 rings (SSSR count). The summed E-state index contributed by atoms with van der Waals surface area (Å²) in [4.78, 5) is 34.0. The summed E-state index contributed by atoms with van der Waals surface area (Å²) >= 11 is 0. The maximum Gasteiger partial charge on any atom is 0.407 e. The van der Waals surface area contributed by atoms with Gasteiger partial charge in [-0.3, -0.25) is 10.1 Å². The molecule has 0 aliphatic heterocycles. The number of unbranched alkanes of at least 4 members (excludes halogenated alkanes) is 1. The van der Waals surface area contributed by atoms with Gasteiger partial charge < -0.3 is 15.2 Å². The van der Waals surface area contributed by atoms with E-state index >= 15 is 0 Å². The number of carboxylic acid groups (broad SMARTS) is 1. The molecule has 0 spiro atoms. The second-order valence-corrected chi connectivity index (χ2v) is 10.7. The van der Waals surface area contributed by atoms with Crippen molar-refractivity contribution in [2.24, 2.45) is 0 Å². The molecule has 0 fully saturated rings. The predicted octanol–water partition coefficient (Wildman–Crippen LogP) is 4.04. The lowest BCUT2D eigenvalue weighted by molar-refractivity contribution is -0.387. The van der Waals surface area contributed by atoms with E-state index < -0.39 is 43.6 Å². The van der Waals surface area contributed by atoms with Crippen LogP contribution in [0, 0.1) is 10.1 Å². The fourth-order valence-electron chi connectivity index (χ4n) is 4.63. The molecule has 0 heterocycles. The average Bonchev–Trinajstić information content (AvgIpc) is 3.24. The highest BCUT2D eigenvalue weighted by Crippen LogP contribution is 2.44. The predicted molar refractivity (Wildman–Crippen MR) is 142 cm³/mol. The first-order valence-corrected chi connectivity index (χ1v) is 13.7. The first-order valence-electron chi connectivity index (χ1n) is 12.3. The Bertz CT molecular complexity index is 1450. The van der Waals surface area contributed by atoms with Gasteiger partial charge in [-0.05, 0) is 47.6 Å². The van der Waals surface area contributed by atoms with Gasteiger partial charge in [0.25, 0.3) is 5.69 Å². The summed E-state index contributed by atoms with van der Waals surface area (Å²) in [5.74, 6) is -1.41.